The Morgan fingerprint density at radius 3 is 2.55 bits per heavy atom. The summed E-state index contributed by atoms with van der Waals surface area (Å²) in [7, 11) is -1.08. The van der Waals surface area contributed by atoms with E-state index in [1.807, 2.05) is 0 Å². The third-order valence-electron chi connectivity index (χ3n) is 2.75. The molecule has 4 N–H and O–H groups in total. The Labute approximate surface area is 118 Å². The van der Waals surface area contributed by atoms with Crippen LogP contribution in [0.5, 0.6) is 5.75 Å². The average Bonchev–Trinajstić information content (AvgIpc) is 2.40. The lowest BCUT2D eigenvalue weighted by Gasteiger charge is -2.17. The number of hydrogen-bond acceptors (Lipinski definition) is 6. The zero-order valence-electron chi connectivity index (χ0n) is 11.7. The monoisotopic (exact) mass is 304 g/mol. The van der Waals surface area contributed by atoms with E-state index in [4.69, 9.17) is 20.3 Å². The van der Waals surface area contributed by atoms with E-state index in [1.54, 1.807) is 13.0 Å². The first-order valence-electron chi connectivity index (χ1n) is 5.92. The minimum Gasteiger partial charge on any atom is -0.495 e. The highest BCUT2D eigenvalue weighted by molar-refractivity contribution is 7.89. The summed E-state index contributed by atoms with van der Waals surface area (Å²) in [4.78, 5) is -0.0716. The van der Waals surface area contributed by atoms with Crippen LogP contribution in [0, 0.1) is 6.92 Å². The summed E-state index contributed by atoms with van der Waals surface area (Å²) >= 11 is 0. The molecule has 0 heterocycles. The summed E-state index contributed by atoms with van der Waals surface area (Å²) in [6.07, 6.45) is 0. The molecule has 1 rings (SSSR count). The number of aliphatic hydroxyl groups excluding tert-OH is 1. The van der Waals surface area contributed by atoms with Gasteiger partial charge in [-0.15, -0.1) is 0 Å². The van der Waals surface area contributed by atoms with Crippen LogP contribution in [0.4, 0.5) is 5.69 Å². The van der Waals surface area contributed by atoms with Gasteiger partial charge in [0.15, 0.2) is 0 Å². The maximum absolute atomic E-state index is 12.3. The van der Waals surface area contributed by atoms with Crippen LogP contribution in [0.3, 0.4) is 0 Å². The molecule has 20 heavy (non-hydrogen) atoms. The molecule has 8 heteroatoms. The SMILES string of the molecule is COCC(CO)NS(=O)(=O)c1cc(N)c(C)cc1OC. The first kappa shape index (κ1) is 16.7. The van der Waals surface area contributed by atoms with Gasteiger partial charge in [0.05, 0.1) is 26.4 Å². The Morgan fingerprint density at radius 1 is 1.40 bits per heavy atom. The quantitative estimate of drug-likeness (QED) is 0.605. The smallest absolute Gasteiger partial charge is 0.244 e. The predicted molar refractivity (Wildman–Crippen MR) is 75.2 cm³/mol. The Bertz CT molecular complexity index is 559. The number of benzene rings is 1. The molecule has 0 bridgehead atoms. The molecular weight excluding hydrogens is 284 g/mol. The van der Waals surface area contributed by atoms with Gasteiger partial charge in [-0.3, -0.25) is 0 Å². The maximum Gasteiger partial charge on any atom is 0.244 e. The fraction of sp³-hybridized carbons (Fsp3) is 0.500. The van der Waals surface area contributed by atoms with Crippen LogP contribution in [0.1, 0.15) is 5.56 Å². The molecule has 1 aromatic rings. The van der Waals surface area contributed by atoms with Crippen molar-refractivity contribution in [1.82, 2.24) is 4.72 Å². The average molecular weight is 304 g/mol. The van der Waals surface area contributed by atoms with Crippen LogP contribution >= 0.6 is 0 Å². The van der Waals surface area contributed by atoms with E-state index in [9.17, 15) is 8.42 Å². The summed E-state index contributed by atoms with van der Waals surface area (Å²) in [5.74, 6) is 0.193. The van der Waals surface area contributed by atoms with E-state index in [1.165, 1.54) is 20.3 Å². The number of methoxy groups -OCH3 is 2. The van der Waals surface area contributed by atoms with Crippen LogP contribution in [0.15, 0.2) is 17.0 Å². The standard InChI is InChI=1S/C12H20N2O5S/c1-8-4-11(19-3)12(5-10(8)13)20(16,17)14-9(6-15)7-18-2/h4-5,9,14-15H,6-7,13H2,1-3H3. The predicted octanol–water partition coefficient (Wildman–Crippen LogP) is -0.129. The van der Waals surface area contributed by atoms with Crippen molar-refractivity contribution < 1.29 is 23.0 Å². The van der Waals surface area contributed by atoms with Crippen molar-refractivity contribution in [3.05, 3.63) is 17.7 Å². The molecule has 1 unspecified atom stereocenters. The highest BCUT2D eigenvalue weighted by atomic mass is 32.2. The highest BCUT2D eigenvalue weighted by Gasteiger charge is 2.24. The van der Waals surface area contributed by atoms with Crippen LogP contribution in [-0.4, -0.2) is 47.0 Å². The lowest BCUT2D eigenvalue weighted by atomic mass is 10.2. The second-order valence-electron chi connectivity index (χ2n) is 4.32. The summed E-state index contributed by atoms with van der Waals surface area (Å²) in [5.41, 5.74) is 6.81. The van der Waals surface area contributed by atoms with E-state index in [2.05, 4.69) is 4.72 Å². The minimum atomic E-state index is -3.87. The lowest BCUT2D eigenvalue weighted by molar-refractivity contribution is 0.139. The topological polar surface area (TPSA) is 111 Å². The summed E-state index contributed by atoms with van der Waals surface area (Å²) in [6.45, 7) is 1.43. The van der Waals surface area contributed by atoms with Gasteiger partial charge >= 0.3 is 0 Å². The van der Waals surface area contributed by atoms with Gasteiger partial charge in [0.2, 0.25) is 10.0 Å². The van der Waals surface area contributed by atoms with Gasteiger partial charge in [0.1, 0.15) is 10.6 Å². The van der Waals surface area contributed by atoms with E-state index >= 15 is 0 Å². The molecule has 0 amide bonds. The van der Waals surface area contributed by atoms with Gasteiger partial charge in [0, 0.05) is 12.8 Å². The molecule has 7 nitrogen and oxygen atoms in total. The normalized spacial score (nSPS) is 13.2. The molecule has 1 aromatic carbocycles. The summed E-state index contributed by atoms with van der Waals surface area (Å²) in [5, 5.41) is 9.13. The van der Waals surface area contributed by atoms with Crippen LogP contribution in [0.25, 0.3) is 0 Å². The van der Waals surface area contributed by atoms with Crippen molar-refractivity contribution in [2.75, 3.05) is 33.2 Å². The molecule has 0 fully saturated rings. The fourth-order valence-corrected chi connectivity index (χ4v) is 3.05. The number of nitrogens with two attached hydrogens (primary N) is 1. The van der Waals surface area contributed by atoms with Crippen molar-refractivity contribution in [1.29, 1.82) is 0 Å². The number of rotatable bonds is 7. The van der Waals surface area contributed by atoms with E-state index in [0.29, 0.717) is 5.69 Å². The zero-order chi connectivity index (χ0) is 15.3. The van der Waals surface area contributed by atoms with Gasteiger partial charge in [0.25, 0.3) is 0 Å². The molecule has 0 radical (unpaired) electrons. The lowest BCUT2D eigenvalue weighted by Crippen LogP contribution is -2.40. The molecular formula is C12H20N2O5S. The second-order valence-corrected chi connectivity index (χ2v) is 6.00. The van der Waals surface area contributed by atoms with Gasteiger partial charge in [-0.25, -0.2) is 13.1 Å². The van der Waals surface area contributed by atoms with Gasteiger partial charge in [-0.05, 0) is 24.6 Å². The number of ether oxygens (including phenoxy) is 2. The molecule has 0 aliphatic rings. The van der Waals surface area contributed by atoms with Gasteiger partial charge in [-0.2, -0.15) is 0 Å². The second kappa shape index (κ2) is 6.89. The van der Waals surface area contributed by atoms with Gasteiger partial charge < -0.3 is 20.3 Å². The molecule has 0 spiro atoms. The summed E-state index contributed by atoms with van der Waals surface area (Å²) in [6, 6.07) is 2.14. The van der Waals surface area contributed by atoms with Crippen LogP contribution in [-0.2, 0) is 14.8 Å². The number of hydrogen-bond donors (Lipinski definition) is 3. The fourth-order valence-electron chi connectivity index (χ4n) is 1.65. The van der Waals surface area contributed by atoms with E-state index < -0.39 is 16.1 Å². The first-order valence-corrected chi connectivity index (χ1v) is 7.40. The van der Waals surface area contributed by atoms with E-state index in [-0.39, 0.29) is 23.9 Å². The number of aryl methyl sites for hydroxylation is 1. The molecule has 0 aliphatic carbocycles. The molecule has 0 aromatic heterocycles. The van der Waals surface area contributed by atoms with Crippen molar-refractivity contribution in [3.8, 4) is 5.75 Å². The largest absolute Gasteiger partial charge is 0.495 e. The molecule has 0 saturated carbocycles. The number of aliphatic hydroxyl groups is 1. The minimum absolute atomic E-state index is 0.0549. The first-order chi connectivity index (χ1) is 9.35. The van der Waals surface area contributed by atoms with Crippen LogP contribution < -0.4 is 15.2 Å². The third-order valence-corrected chi connectivity index (χ3v) is 4.29. The van der Waals surface area contributed by atoms with Crippen molar-refractivity contribution in [3.63, 3.8) is 0 Å². The zero-order valence-corrected chi connectivity index (χ0v) is 12.5. The number of nitrogen functional groups attached to an aromatic ring is 1. The number of nitrogens with one attached hydrogen (secondary N) is 1. The summed E-state index contributed by atoms with van der Waals surface area (Å²) < 4.78 is 36.9. The number of sulfonamides is 1. The van der Waals surface area contributed by atoms with Crippen LogP contribution in [0.2, 0.25) is 0 Å². The molecule has 1 atom stereocenters. The Kier molecular flexibility index (Phi) is 5.75. The van der Waals surface area contributed by atoms with E-state index in [0.717, 1.165) is 5.56 Å². The van der Waals surface area contributed by atoms with Crippen molar-refractivity contribution >= 4 is 15.7 Å². The van der Waals surface area contributed by atoms with Gasteiger partial charge in [-0.1, -0.05) is 0 Å². The van der Waals surface area contributed by atoms with Crippen molar-refractivity contribution in [2.45, 2.75) is 17.9 Å². The molecule has 0 aliphatic heterocycles. The Balaban J connectivity index is 3.17. The van der Waals surface area contributed by atoms with Crippen molar-refractivity contribution in [2.24, 2.45) is 0 Å². The molecule has 0 saturated heterocycles. The third kappa shape index (κ3) is 3.83. The number of anilines is 1. The maximum atomic E-state index is 12.3. The Morgan fingerprint density at radius 2 is 2.05 bits per heavy atom. The Hall–Kier alpha value is -1.35. The highest BCUT2D eigenvalue weighted by Crippen LogP contribution is 2.28. The molecule has 114 valence electrons.